The van der Waals surface area contributed by atoms with E-state index in [0.29, 0.717) is 13.0 Å². The molecule has 4 rings (SSSR count). The van der Waals surface area contributed by atoms with E-state index >= 15 is 0 Å². The number of carbonyl (C=O) groups excluding carboxylic acids is 2. The first-order chi connectivity index (χ1) is 14.9. The number of likely N-dealkylation sites (tertiary alicyclic amines) is 1. The van der Waals surface area contributed by atoms with E-state index in [4.69, 9.17) is 0 Å². The van der Waals surface area contributed by atoms with Crippen LogP contribution in [0.25, 0.3) is 0 Å². The Balaban J connectivity index is 1.38. The lowest BCUT2D eigenvalue weighted by atomic mass is 9.84. The molecule has 1 aromatic heterocycles. The highest BCUT2D eigenvalue weighted by atomic mass is 32.1. The molecule has 0 saturated carbocycles. The van der Waals surface area contributed by atoms with Gasteiger partial charge < -0.3 is 15.1 Å². The van der Waals surface area contributed by atoms with Gasteiger partial charge >= 0.3 is 0 Å². The van der Waals surface area contributed by atoms with Crippen molar-refractivity contribution in [1.29, 1.82) is 0 Å². The standard InChI is InChI=1S/C24H39N5O2S/c1-16-20(32-17(2)25-16)14-28-9-7-24(8-10-28)12-21(30)29-13-18(11-19(29)22(31)26-24)27(6)15-23(3,4)5/h18-19H,7-15H2,1-6H3,(H,26,31)/t18-,19-/m0/s1. The Bertz CT molecular complexity index is 840. The molecule has 0 aliphatic carbocycles. The molecule has 3 aliphatic heterocycles. The van der Waals surface area contributed by atoms with E-state index in [2.05, 4.69) is 61.8 Å². The SMILES string of the molecule is Cc1nc(C)c(CN2CCC3(CC2)CC(=O)N2C[C@@H](N(C)CC(C)(C)C)C[C@H]2C(=O)N3)s1. The summed E-state index contributed by atoms with van der Waals surface area (Å²) in [5, 5.41) is 4.46. The lowest BCUT2D eigenvalue weighted by Crippen LogP contribution is -2.56. The molecule has 32 heavy (non-hydrogen) atoms. The minimum absolute atomic E-state index is 0.0462. The van der Waals surface area contributed by atoms with Gasteiger partial charge in [-0.25, -0.2) is 4.98 Å². The smallest absolute Gasteiger partial charge is 0.243 e. The Morgan fingerprint density at radius 3 is 2.50 bits per heavy atom. The third-order valence-electron chi connectivity index (χ3n) is 7.31. The van der Waals surface area contributed by atoms with Gasteiger partial charge in [0.2, 0.25) is 11.8 Å². The largest absolute Gasteiger partial charge is 0.348 e. The summed E-state index contributed by atoms with van der Waals surface area (Å²) in [6, 6.07) is -0.0777. The van der Waals surface area contributed by atoms with Crippen molar-refractivity contribution in [2.75, 3.05) is 33.2 Å². The fourth-order valence-corrected chi connectivity index (χ4v) is 6.66. The first-order valence-corrected chi connectivity index (χ1v) is 12.7. The minimum Gasteiger partial charge on any atom is -0.348 e. The second kappa shape index (κ2) is 8.69. The predicted octanol–water partition coefficient (Wildman–Crippen LogP) is 2.56. The number of rotatable bonds is 4. The first kappa shape index (κ1) is 23.6. The molecule has 3 aliphatic rings. The lowest BCUT2D eigenvalue weighted by molar-refractivity contribution is -0.135. The number of hydrogen-bond acceptors (Lipinski definition) is 6. The van der Waals surface area contributed by atoms with Crippen LogP contribution in [0, 0.1) is 19.3 Å². The number of thiazole rings is 1. The summed E-state index contributed by atoms with van der Waals surface area (Å²) in [7, 11) is 2.12. The number of aryl methyl sites for hydroxylation is 2. The van der Waals surface area contributed by atoms with Crippen LogP contribution < -0.4 is 5.32 Å². The molecule has 8 heteroatoms. The number of amides is 2. The van der Waals surface area contributed by atoms with Crippen molar-refractivity contribution in [3.8, 4) is 0 Å². The second-order valence-corrected chi connectivity index (χ2v) is 12.7. The van der Waals surface area contributed by atoms with Crippen molar-refractivity contribution in [3.05, 3.63) is 15.6 Å². The molecule has 2 atom stereocenters. The Morgan fingerprint density at radius 1 is 1.22 bits per heavy atom. The molecule has 3 fully saturated rings. The van der Waals surface area contributed by atoms with E-state index in [0.717, 1.165) is 56.1 Å². The van der Waals surface area contributed by atoms with E-state index in [1.54, 1.807) is 11.3 Å². The maximum atomic E-state index is 13.3. The van der Waals surface area contributed by atoms with E-state index in [9.17, 15) is 9.59 Å². The van der Waals surface area contributed by atoms with Crippen LogP contribution in [0.1, 0.15) is 62.0 Å². The van der Waals surface area contributed by atoms with Crippen LogP contribution in [0.3, 0.4) is 0 Å². The van der Waals surface area contributed by atoms with Gasteiger partial charge in [-0.15, -0.1) is 11.3 Å². The molecule has 0 radical (unpaired) electrons. The van der Waals surface area contributed by atoms with Gasteiger partial charge in [0.25, 0.3) is 0 Å². The normalized spacial score (nSPS) is 26.5. The average Bonchev–Trinajstić information content (AvgIpc) is 3.24. The summed E-state index contributed by atoms with van der Waals surface area (Å²) in [6.07, 6.45) is 2.82. The van der Waals surface area contributed by atoms with Crippen molar-refractivity contribution in [2.45, 2.75) is 84.5 Å². The molecule has 0 aromatic carbocycles. The maximum Gasteiger partial charge on any atom is 0.243 e. The molecule has 4 heterocycles. The van der Waals surface area contributed by atoms with Crippen LogP contribution in [0.15, 0.2) is 0 Å². The Hall–Kier alpha value is -1.51. The quantitative estimate of drug-likeness (QED) is 0.746. The fraction of sp³-hybridized carbons (Fsp3) is 0.792. The highest BCUT2D eigenvalue weighted by Gasteiger charge is 2.49. The van der Waals surface area contributed by atoms with Crippen molar-refractivity contribution < 1.29 is 9.59 Å². The fourth-order valence-electron chi connectivity index (χ4n) is 5.68. The molecule has 3 saturated heterocycles. The molecule has 0 unspecified atom stereocenters. The number of nitrogens with one attached hydrogen (secondary N) is 1. The summed E-state index contributed by atoms with van der Waals surface area (Å²) in [5.74, 6) is 0.187. The molecular weight excluding hydrogens is 422 g/mol. The van der Waals surface area contributed by atoms with Gasteiger partial charge in [-0.1, -0.05) is 20.8 Å². The predicted molar refractivity (Wildman–Crippen MR) is 128 cm³/mol. The number of likely N-dealkylation sites (N-methyl/N-ethyl adjacent to an activating group) is 1. The van der Waals surface area contributed by atoms with Crippen LogP contribution in [-0.2, 0) is 16.1 Å². The van der Waals surface area contributed by atoms with Gasteiger partial charge in [-0.05, 0) is 45.6 Å². The minimum atomic E-state index is -0.388. The van der Waals surface area contributed by atoms with Gasteiger partial charge in [0.1, 0.15) is 6.04 Å². The number of piperidine rings is 1. The van der Waals surface area contributed by atoms with E-state index in [1.165, 1.54) is 4.88 Å². The van der Waals surface area contributed by atoms with E-state index in [-0.39, 0.29) is 34.9 Å². The zero-order chi connectivity index (χ0) is 23.3. The van der Waals surface area contributed by atoms with E-state index in [1.807, 2.05) is 4.90 Å². The Morgan fingerprint density at radius 2 is 1.91 bits per heavy atom. The summed E-state index contributed by atoms with van der Waals surface area (Å²) >= 11 is 1.77. The van der Waals surface area contributed by atoms with Gasteiger partial charge in [-0.3, -0.25) is 14.5 Å². The van der Waals surface area contributed by atoms with Crippen LogP contribution in [0.2, 0.25) is 0 Å². The lowest BCUT2D eigenvalue weighted by Gasteiger charge is -2.41. The molecular formula is C24H39N5O2S. The first-order valence-electron chi connectivity index (χ1n) is 11.9. The van der Waals surface area contributed by atoms with Crippen molar-refractivity contribution in [2.24, 2.45) is 5.41 Å². The molecule has 0 bridgehead atoms. The van der Waals surface area contributed by atoms with Crippen LogP contribution in [-0.4, -0.2) is 82.3 Å². The van der Waals surface area contributed by atoms with Crippen LogP contribution >= 0.6 is 11.3 Å². The highest BCUT2D eigenvalue weighted by molar-refractivity contribution is 7.11. The maximum absolute atomic E-state index is 13.3. The third-order valence-corrected chi connectivity index (χ3v) is 8.36. The second-order valence-electron chi connectivity index (χ2n) is 11.4. The molecule has 178 valence electrons. The van der Waals surface area contributed by atoms with Crippen molar-refractivity contribution in [3.63, 3.8) is 0 Å². The summed E-state index contributed by atoms with van der Waals surface area (Å²) in [4.78, 5) is 39.0. The number of hydrogen-bond donors (Lipinski definition) is 1. The van der Waals surface area contributed by atoms with Gasteiger partial charge in [0, 0.05) is 43.6 Å². The average molecular weight is 462 g/mol. The highest BCUT2D eigenvalue weighted by Crippen LogP contribution is 2.34. The Labute approximate surface area is 196 Å². The summed E-state index contributed by atoms with van der Waals surface area (Å²) < 4.78 is 0. The van der Waals surface area contributed by atoms with Crippen molar-refractivity contribution >= 4 is 23.2 Å². The van der Waals surface area contributed by atoms with Crippen LogP contribution in [0.5, 0.6) is 0 Å². The third kappa shape index (κ3) is 5.02. The molecule has 1 N–H and O–H groups in total. The van der Waals surface area contributed by atoms with Crippen molar-refractivity contribution in [1.82, 2.24) is 25.0 Å². The molecule has 1 spiro atoms. The molecule has 1 aromatic rings. The number of aromatic nitrogens is 1. The monoisotopic (exact) mass is 461 g/mol. The zero-order valence-corrected chi connectivity index (χ0v) is 21.3. The number of carbonyl (C=O) groups is 2. The number of fused-ring (bicyclic) bond motifs is 1. The molecule has 7 nitrogen and oxygen atoms in total. The molecule has 2 amide bonds. The Kier molecular flexibility index (Phi) is 6.42. The van der Waals surface area contributed by atoms with Gasteiger partial charge in [0.15, 0.2) is 0 Å². The van der Waals surface area contributed by atoms with Gasteiger partial charge in [-0.2, -0.15) is 0 Å². The van der Waals surface area contributed by atoms with Crippen LogP contribution in [0.4, 0.5) is 0 Å². The summed E-state index contributed by atoms with van der Waals surface area (Å²) in [5.41, 5.74) is 0.924. The summed E-state index contributed by atoms with van der Waals surface area (Å²) in [6.45, 7) is 15.1. The van der Waals surface area contributed by atoms with Gasteiger partial charge in [0.05, 0.1) is 22.7 Å². The topological polar surface area (TPSA) is 68.8 Å². The number of nitrogens with zero attached hydrogens (tertiary/aromatic N) is 4. The van der Waals surface area contributed by atoms with E-state index < -0.39 is 0 Å². The zero-order valence-electron chi connectivity index (χ0n) is 20.5.